The Labute approximate surface area is 233 Å². The molecule has 0 spiro atoms. The van der Waals surface area contributed by atoms with E-state index in [2.05, 4.69) is 0 Å². The molecular weight excluding hydrogens is 516 g/mol. The molecule has 1 aliphatic rings. The van der Waals surface area contributed by atoms with Crippen LogP contribution in [0.4, 0.5) is 0 Å². The van der Waals surface area contributed by atoms with Crippen LogP contribution in [0.15, 0.2) is 84.9 Å². The third kappa shape index (κ3) is 8.29. The molecule has 1 heterocycles. The lowest BCUT2D eigenvalue weighted by molar-refractivity contribution is -0.297. The first-order valence-corrected chi connectivity index (χ1v) is 13.0. The van der Waals surface area contributed by atoms with E-state index in [1.54, 1.807) is 31.4 Å². The van der Waals surface area contributed by atoms with Gasteiger partial charge in [-0.2, -0.15) is 0 Å². The van der Waals surface area contributed by atoms with E-state index < -0.39 is 42.6 Å². The van der Waals surface area contributed by atoms with Crippen LogP contribution in [-0.4, -0.2) is 56.4 Å². The SMILES string of the molecule is COc1ccc(OC2O[C@H](COCc3ccccc3)[C@@H](OC(C)=O)[C@H](OC(C)=O)[C@H]2OCc2ccccc2)cc1. The molecule has 1 aliphatic heterocycles. The number of hydrogen-bond donors (Lipinski definition) is 0. The molecule has 1 unspecified atom stereocenters. The number of methoxy groups -OCH3 is 1. The minimum absolute atomic E-state index is 0.0402. The van der Waals surface area contributed by atoms with Crippen LogP contribution in [0, 0.1) is 0 Å². The first-order valence-electron chi connectivity index (χ1n) is 13.0. The van der Waals surface area contributed by atoms with E-state index in [1.807, 2.05) is 60.7 Å². The molecule has 1 fully saturated rings. The third-order valence-electron chi connectivity index (χ3n) is 6.19. The largest absolute Gasteiger partial charge is 0.497 e. The van der Waals surface area contributed by atoms with Crippen molar-refractivity contribution < 1.29 is 42.7 Å². The molecule has 4 rings (SSSR count). The van der Waals surface area contributed by atoms with Gasteiger partial charge in [0.2, 0.25) is 6.29 Å². The monoisotopic (exact) mass is 550 g/mol. The second-order valence-electron chi connectivity index (χ2n) is 9.25. The van der Waals surface area contributed by atoms with Gasteiger partial charge < -0.3 is 33.2 Å². The molecule has 0 bridgehead atoms. The van der Waals surface area contributed by atoms with Crippen molar-refractivity contribution in [2.75, 3.05) is 13.7 Å². The van der Waals surface area contributed by atoms with Gasteiger partial charge in [-0.3, -0.25) is 9.59 Å². The Balaban J connectivity index is 1.62. The van der Waals surface area contributed by atoms with E-state index in [1.165, 1.54) is 13.8 Å². The van der Waals surface area contributed by atoms with Gasteiger partial charge in [0.15, 0.2) is 18.3 Å². The Hall–Kier alpha value is -3.92. The van der Waals surface area contributed by atoms with E-state index in [4.69, 9.17) is 33.2 Å². The number of carbonyl (C=O) groups is 2. The summed E-state index contributed by atoms with van der Waals surface area (Å²) in [5, 5.41) is 0. The molecule has 40 heavy (non-hydrogen) atoms. The molecule has 0 saturated carbocycles. The quantitative estimate of drug-likeness (QED) is 0.303. The molecule has 0 aliphatic carbocycles. The lowest BCUT2D eigenvalue weighted by atomic mass is 9.98. The van der Waals surface area contributed by atoms with Crippen LogP contribution in [0.1, 0.15) is 25.0 Å². The fraction of sp³-hybridized carbons (Fsp3) is 0.355. The van der Waals surface area contributed by atoms with Gasteiger partial charge in [0, 0.05) is 13.8 Å². The van der Waals surface area contributed by atoms with Crippen molar-refractivity contribution >= 4 is 11.9 Å². The third-order valence-corrected chi connectivity index (χ3v) is 6.19. The highest BCUT2D eigenvalue weighted by molar-refractivity contribution is 5.67. The molecule has 9 nitrogen and oxygen atoms in total. The van der Waals surface area contributed by atoms with E-state index in [9.17, 15) is 9.59 Å². The zero-order valence-corrected chi connectivity index (χ0v) is 22.8. The fourth-order valence-corrected chi connectivity index (χ4v) is 4.37. The van der Waals surface area contributed by atoms with Crippen molar-refractivity contribution in [2.24, 2.45) is 0 Å². The molecule has 0 N–H and O–H groups in total. The molecule has 0 amide bonds. The fourth-order valence-electron chi connectivity index (χ4n) is 4.37. The summed E-state index contributed by atoms with van der Waals surface area (Å²) in [6, 6.07) is 26.1. The Morgan fingerprint density at radius 1 is 0.700 bits per heavy atom. The maximum atomic E-state index is 12.3. The summed E-state index contributed by atoms with van der Waals surface area (Å²) < 4.78 is 41.4. The summed E-state index contributed by atoms with van der Waals surface area (Å²) in [5.41, 5.74) is 1.86. The molecular formula is C31H34O9. The first-order chi connectivity index (χ1) is 19.4. The highest BCUT2D eigenvalue weighted by Crippen LogP contribution is 2.32. The average Bonchev–Trinajstić information content (AvgIpc) is 2.95. The topological polar surface area (TPSA) is 98.8 Å². The molecule has 5 atom stereocenters. The molecule has 212 valence electrons. The second-order valence-corrected chi connectivity index (χ2v) is 9.25. The van der Waals surface area contributed by atoms with Crippen LogP contribution in [0.5, 0.6) is 11.5 Å². The van der Waals surface area contributed by atoms with Crippen molar-refractivity contribution in [3.8, 4) is 11.5 Å². The van der Waals surface area contributed by atoms with Gasteiger partial charge >= 0.3 is 11.9 Å². The molecule has 3 aromatic carbocycles. The zero-order chi connectivity index (χ0) is 28.3. The van der Waals surface area contributed by atoms with Crippen LogP contribution in [-0.2, 0) is 46.5 Å². The van der Waals surface area contributed by atoms with Gasteiger partial charge in [0.25, 0.3) is 0 Å². The van der Waals surface area contributed by atoms with Crippen LogP contribution in [0.25, 0.3) is 0 Å². The van der Waals surface area contributed by atoms with Gasteiger partial charge in [-0.05, 0) is 35.4 Å². The molecule has 0 radical (unpaired) electrons. The molecule has 9 heteroatoms. The van der Waals surface area contributed by atoms with Crippen LogP contribution >= 0.6 is 0 Å². The van der Waals surface area contributed by atoms with Gasteiger partial charge in [0.1, 0.15) is 17.6 Å². The van der Waals surface area contributed by atoms with E-state index >= 15 is 0 Å². The van der Waals surface area contributed by atoms with Crippen LogP contribution in [0.3, 0.4) is 0 Å². The minimum Gasteiger partial charge on any atom is -0.497 e. The Morgan fingerprint density at radius 3 is 1.82 bits per heavy atom. The van der Waals surface area contributed by atoms with E-state index in [0.29, 0.717) is 18.1 Å². The van der Waals surface area contributed by atoms with E-state index in [0.717, 1.165) is 11.1 Å². The van der Waals surface area contributed by atoms with Gasteiger partial charge in [0.05, 0.1) is 26.9 Å². The predicted octanol–water partition coefficient (Wildman–Crippen LogP) is 4.46. The molecule has 0 aromatic heterocycles. The summed E-state index contributed by atoms with van der Waals surface area (Å²) in [7, 11) is 1.58. The Morgan fingerprint density at radius 2 is 1.25 bits per heavy atom. The molecule has 1 saturated heterocycles. The van der Waals surface area contributed by atoms with Crippen molar-refractivity contribution in [2.45, 2.75) is 57.8 Å². The van der Waals surface area contributed by atoms with Gasteiger partial charge in [-0.25, -0.2) is 0 Å². The normalized spacial score (nSPS) is 22.2. The van der Waals surface area contributed by atoms with Crippen LogP contribution < -0.4 is 9.47 Å². The summed E-state index contributed by atoms with van der Waals surface area (Å²) in [6.45, 7) is 3.10. The second kappa shape index (κ2) is 14.5. The summed E-state index contributed by atoms with van der Waals surface area (Å²) in [4.78, 5) is 24.4. The van der Waals surface area contributed by atoms with Crippen molar-refractivity contribution in [3.63, 3.8) is 0 Å². The summed E-state index contributed by atoms with van der Waals surface area (Å²) in [5.74, 6) is 0.0175. The first kappa shape index (κ1) is 29.1. The minimum atomic E-state index is -1.03. The highest BCUT2D eigenvalue weighted by atomic mass is 16.7. The standard InChI is InChI=1S/C31H34O9/c1-21(32)37-28-27(20-35-18-23-10-6-4-7-11-23)40-31(39-26-16-14-25(34-3)15-17-26)30(29(28)38-22(2)33)36-19-24-12-8-5-9-13-24/h4-17,27-31H,18-20H2,1-3H3/t27-,28-,29+,30-,31?/m1/s1. The number of hydrogen-bond acceptors (Lipinski definition) is 9. The Bertz CT molecular complexity index is 1200. The average molecular weight is 551 g/mol. The Kier molecular flexibility index (Phi) is 10.5. The predicted molar refractivity (Wildman–Crippen MR) is 145 cm³/mol. The van der Waals surface area contributed by atoms with Crippen molar-refractivity contribution in [3.05, 3.63) is 96.1 Å². The van der Waals surface area contributed by atoms with Crippen molar-refractivity contribution in [1.29, 1.82) is 0 Å². The van der Waals surface area contributed by atoms with Crippen molar-refractivity contribution in [1.82, 2.24) is 0 Å². The summed E-state index contributed by atoms with van der Waals surface area (Å²) in [6.07, 6.45) is -4.84. The van der Waals surface area contributed by atoms with Gasteiger partial charge in [-0.1, -0.05) is 60.7 Å². The zero-order valence-electron chi connectivity index (χ0n) is 22.8. The number of carbonyl (C=O) groups excluding carboxylic acids is 2. The van der Waals surface area contributed by atoms with E-state index in [-0.39, 0.29) is 13.2 Å². The number of benzene rings is 3. The number of rotatable bonds is 12. The van der Waals surface area contributed by atoms with Gasteiger partial charge in [-0.15, -0.1) is 0 Å². The molecule has 3 aromatic rings. The number of esters is 2. The van der Waals surface area contributed by atoms with Crippen LogP contribution in [0.2, 0.25) is 0 Å². The highest BCUT2D eigenvalue weighted by Gasteiger charge is 2.52. The summed E-state index contributed by atoms with van der Waals surface area (Å²) >= 11 is 0. The number of ether oxygens (including phenoxy) is 7. The smallest absolute Gasteiger partial charge is 0.303 e. The lowest BCUT2D eigenvalue weighted by Crippen LogP contribution is -2.63. The lowest BCUT2D eigenvalue weighted by Gasteiger charge is -2.44. The maximum absolute atomic E-state index is 12.3. The maximum Gasteiger partial charge on any atom is 0.303 e.